The Kier molecular flexibility index (Phi) is 8.01. The molecule has 0 radical (unpaired) electrons. The molecule has 6 nitrogen and oxygen atoms in total. The first-order valence-electron chi connectivity index (χ1n) is 18.3. The summed E-state index contributed by atoms with van der Waals surface area (Å²) < 4.78 is 92.7. The van der Waals surface area contributed by atoms with Gasteiger partial charge < -0.3 is 14.5 Å². The zero-order valence-electron chi connectivity index (χ0n) is 30.1. The fourth-order valence-electron chi connectivity index (χ4n) is 8.09. The Labute approximate surface area is 325 Å². The van der Waals surface area contributed by atoms with Gasteiger partial charge in [0.2, 0.25) is 0 Å². The molecule has 2 aliphatic rings. The number of fused-ring (bicyclic) bond motifs is 6. The van der Waals surface area contributed by atoms with Gasteiger partial charge in [-0.25, -0.2) is 15.0 Å². The van der Waals surface area contributed by atoms with Gasteiger partial charge in [0.05, 0.1) is 44.4 Å². The molecule has 58 heavy (non-hydrogen) atoms. The minimum Gasteiger partial charge on any atom is -0.346 e. The highest BCUT2D eigenvalue weighted by Crippen LogP contribution is 2.44. The van der Waals surface area contributed by atoms with E-state index < -0.39 is 29.0 Å². The van der Waals surface area contributed by atoms with Crippen molar-refractivity contribution < 1.29 is 26.3 Å². The molecule has 0 bridgehead atoms. The lowest BCUT2D eigenvalue weighted by Gasteiger charge is -2.22. The van der Waals surface area contributed by atoms with E-state index >= 15 is 13.2 Å². The molecule has 4 heterocycles. The van der Waals surface area contributed by atoms with E-state index in [9.17, 15) is 13.2 Å². The maximum Gasteiger partial charge on any atom is 0.417 e. The van der Waals surface area contributed by atoms with Crippen LogP contribution in [-0.4, -0.2) is 25.3 Å². The molecule has 5 aromatic carbocycles. The summed E-state index contributed by atoms with van der Waals surface area (Å²) >= 11 is 0. The van der Waals surface area contributed by atoms with Crippen LogP contribution in [0.3, 0.4) is 0 Å². The minimum absolute atomic E-state index is 0.165. The largest absolute Gasteiger partial charge is 0.417 e. The standard InChI is InChI=1S/C46H28F6N6/c47-45(48,49)30-9-5-8-27(22-30)35-25-41(57-37-12-3-1-10-31(37)33-16-14-28(23-39(33)57)43-53-18-6-19-54-43)42(26-36(35)46(50,51)52)58-38-13-4-2-11-32(38)34-17-15-29(24-40(34)58)44-55-20-7-21-56-44/h1-9,11-26,53H,10H2. The minimum atomic E-state index is -4.96. The summed E-state index contributed by atoms with van der Waals surface area (Å²) in [4.78, 5) is 13.4. The fraction of sp³-hybridized carbons (Fsp3) is 0.0652. The Bertz CT molecular complexity index is 3200. The number of alkyl halides is 6. The lowest BCUT2D eigenvalue weighted by Crippen LogP contribution is -2.22. The van der Waals surface area contributed by atoms with Crippen LogP contribution >= 0.6 is 0 Å². The topological polar surface area (TPSA) is 60.0 Å². The maximum absolute atomic E-state index is 15.6. The number of para-hydroxylation sites is 1. The van der Waals surface area contributed by atoms with Crippen molar-refractivity contribution in [2.75, 3.05) is 0 Å². The molecule has 12 heteroatoms. The highest BCUT2D eigenvalue weighted by Gasteiger charge is 2.37. The number of aromatic nitrogens is 4. The fourth-order valence-corrected chi connectivity index (χ4v) is 8.09. The predicted molar refractivity (Wildman–Crippen MR) is 215 cm³/mol. The molecule has 284 valence electrons. The molecule has 8 aromatic rings. The van der Waals surface area contributed by atoms with Gasteiger partial charge in [-0.05, 0) is 83.8 Å². The number of nitrogens with zero attached hydrogens (tertiary/aromatic N) is 5. The lowest BCUT2D eigenvalue weighted by molar-refractivity contribution is -0.137. The molecule has 10 rings (SSSR count). The molecule has 0 saturated heterocycles. The van der Waals surface area contributed by atoms with Crippen LogP contribution in [0.25, 0.3) is 78.5 Å². The Balaban J connectivity index is 1.39. The van der Waals surface area contributed by atoms with Crippen molar-refractivity contribution in [1.29, 1.82) is 0 Å². The van der Waals surface area contributed by atoms with Gasteiger partial charge in [-0.1, -0.05) is 66.7 Å². The smallest absolute Gasteiger partial charge is 0.346 e. The quantitative estimate of drug-likeness (QED) is 0.181. The molecule has 0 atom stereocenters. The molecule has 0 amide bonds. The first-order chi connectivity index (χ1) is 28.0. The van der Waals surface area contributed by atoms with E-state index in [-0.39, 0.29) is 11.3 Å². The van der Waals surface area contributed by atoms with Gasteiger partial charge in [-0.3, -0.25) is 0 Å². The Morgan fingerprint density at radius 3 is 2.19 bits per heavy atom. The molecular formula is C46H28F6N6. The number of allylic oxidation sites excluding steroid dienone is 3. The van der Waals surface area contributed by atoms with Gasteiger partial charge in [0.15, 0.2) is 5.82 Å². The summed E-state index contributed by atoms with van der Waals surface area (Å²) in [6.45, 7) is 0. The lowest BCUT2D eigenvalue weighted by atomic mass is 9.95. The van der Waals surface area contributed by atoms with Crippen LogP contribution in [0, 0.1) is 0 Å². The van der Waals surface area contributed by atoms with E-state index in [1.165, 1.54) is 12.1 Å². The maximum atomic E-state index is 15.6. The molecule has 3 aromatic heterocycles. The third kappa shape index (κ3) is 5.78. The van der Waals surface area contributed by atoms with Crippen LogP contribution < -0.4 is 15.9 Å². The highest BCUT2D eigenvalue weighted by molar-refractivity contribution is 6.10. The third-order valence-electron chi connectivity index (χ3n) is 10.6. The Morgan fingerprint density at radius 2 is 1.40 bits per heavy atom. The summed E-state index contributed by atoms with van der Waals surface area (Å²) in [5, 5.41) is 7.06. The molecule has 0 fully saturated rings. The normalized spacial score (nSPS) is 14.9. The first-order valence-corrected chi connectivity index (χ1v) is 18.3. The van der Waals surface area contributed by atoms with E-state index in [4.69, 9.17) is 0 Å². The molecular weight excluding hydrogens is 751 g/mol. The molecule has 0 unspecified atom stereocenters. The van der Waals surface area contributed by atoms with Crippen molar-refractivity contribution in [3.8, 4) is 33.9 Å². The number of rotatable bonds is 4. The van der Waals surface area contributed by atoms with E-state index in [2.05, 4.69) is 20.3 Å². The van der Waals surface area contributed by atoms with Crippen LogP contribution in [-0.2, 0) is 18.8 Å². The predicted octanol–water partition coefficient (Wildman–Crippen LogP) is 10.0. The second-order valence-corrected chi connectivity index (χ2v) is 14.0. The van der Waals surface area contributed by atoms with E-state index in [1.807, 2.05) is 83.5 Å². The van der Waals surface area contributed by atoms with Crippen molar-refractivity contribution >= 4 is 50.8 Å². The van der Waals surface area contributed by atoms with Crippen LogP contribution in [0.15, 0.2) is 145 Å². The average molecular weight is 779 g/mol. The third-order valence-corrected chi connectivity index (χ3v) is 10.6. The molecule has 0 saturated carbocycles. The zero-order valence-corrected chi connectivity index (χ0v) is 30.1. The Hall–Kier alpha value is -7.21. The number of halogens is 6. The molecule has 1 aliphatic heterocycles. The van der Waals surface area contributed by atoms with Crippen LogP contribution in [0.5, 0.6) is 0 Å². The van der Waals surface area contributed by atoms with Crippen LogP contribution in [0.2, 0.25) is 0 Å². The average Bonchev–Trinajstić information content (AvgIpc) is 3.75. The molecule has 1 N–H and O–H groups in total. The van der Waals surface area contributed by atoms with Crippen molar-refractivity contribution in [2.45, 2.75) is 18.8 Å². The number of aliphatic imine (C=N–C) groups is 1. The van der Waals surface area contributed by atoms with Crippen molar-refractivity contribution in [3.63, 3.8) is 0 Å². The Morgan fingerprint density at radius 1 is 0.621 bits per heavy atom. The SMILES string of the molecule is FC(F)(F)c1cccc(-c2cc(-n3c4c(c5ccc(=C6N=CC=CN6)cc53)CC=CC=4)c(-n3c4ccccc4c4ccc(-c5ncccn5)cc43)cc2C(F)(F)F)c1. The van der Waals surface area contributed by atoms with Crippen molar-refractivity contribution in [1.82, 2.24) is 24.4 Å². The number of hydrogen-bond donors (Lipinski definition) is 1. The summed E-state index contributed by atoms with van der Waals surface area (Å²) in [5.74, 6) is 1.01. The summed E-state index contributed by atoms with van der Waals surface area (Å²) in [6, 6.07) is 27.1. The zero-order chi connectivity index (χ0) is 39.8. The van der Waals surface area contributed by atoms with Crippen LogP contribution in [0.4, 0.5) is 26.3 Å². The van der Waals surface area contributed by atoms with Gasteiger partial charge in [-0.15, -0.1) is 0 Å². The van der Waals surface area contributed by atoms with Gasteiger partial charge in [0.25, 0.3) is 0 Å². The van der Waals surface area contributed by atoms with Crippen molar-refractivity contribution in [2.24, 2.45) is 4.99 Å². The number of benzene rings is 5. The second-order valence-electron chi connectivity index (χ2n) is 14.0. The van der Waals surface area contributed by atoms with E-state index in [1.54, 1.807) is 41.5 Å². The monoisotopic (exact) mass is 778 g/mol. The van der Waals surface area contributed by atoms with Gasteiger partial charge in [0, 0.05) is 51.7 Å². The highest BCUT2D eigenvalue weighted by atomic mass is 19.4. The van der Waals surface area contributed by atoms with Gasteiger partial charge in [-0.2, -0.15) is 26.3 Å². The molecule has 1 aliphatic carbocycles. The van der Waals surface area contributed by atoms with Gasteiger partial charge >= 0.3 is 12.4 Å². The first kappa shape index (κ1) is 35.2. The summed E-state index contributed by atoms with van der Waals surface area (Å²) in [5.41, 5.74) is 1.22. The van der Waals surface area contributed by atoms with E-state index in [0.29, 0.717) is 45.9 Å². The van der Waals surface area contributed by atoms with E-state index in [0.717, 1.165) is 56.6 Å². The summed E-state index contributed by atoms with van der Waals surface area (Å²) in [6.07, 6.45) is 5.02. The van der Waals surface area contributed by atoms with Crippen molar-refractivity contribution in [3.05, 3.63) is 167 Å². The van der Waals surface area contributed by atoms with Gasteiger partial charge in [0.1, 0.15) is 5.82 Å². The number of hydrogen-bond acceptors (Lipinski definition) is 4. The molecule has 0 spiro atoms. The second kappa shape index (κ2) is 13.2. The van der Waals surface area contributed by atoms with Crippen LogP contribution in [0.1, 0.15) is 16.7 Å². The summed E-state index contributed by atoms with van der Waals surface area (Å²) in [7, 11) is 0. The number of nitrogens with one attached hydrogen (secondary N) is 1.